The third kappa shape index (κ3) is 5.92. The Morgan fingerprint density at radius 2 is 1.69 bits per heavy atom. The second-order valence-electron chi connectivity index (χ2n) is 5.52. The number of amides is 1. The van der Waals surface area contributed by atoms with Gasteiger partial charge in [0.1, 0.15) is 0 Å². The minimum Gasteiger partial charge on any atom is -0.452 e. The summed E-state index contributed by atoms with van der Waals surface area (Å²) in [6, 6.07) is 8.54. The van der Waals surface area contributed by atoms with Gasteiger partial charge in [-0.05, 0) is 29.8 Å². The Morgan fingerprint density at radius 3 is 2.27 bits per heavy atom. The number of carbonyl (C=O) groups is 2. The smallest absolute Gasteiger partial charge is 0.338 e. The number of rotatable bonds is 6. The first kappa shape index (κ1) is 19.5. The molecule has 0 fully saturated rings. The van der Waals surface area contributed by atoms with Crippen molar-refractivity contribution in [1.29, 1.82) is 0 Å². The highest BCUT2D eigenvalue weighted by atomic mass is 32.2. The molecule has 2 aromatic rings. The van der Waals surface area contributed by atoms with Crippen LogP contribution in [-0.2, 0) is 25.1 Å². The fourth-order valence-electron chi connectivity index (χ4n) is 2.03. The number of benzene rings is 2. The van der Waals surface area contributed by atoms with Crippen molar-refractivity contribution < 1.29 is 31.5 Å². The van der Waals surface area contributed by atoms with Gasteiger partial charge in [-0.25, -0.2) is 22.0 Å². The van der Waals surface area contributed by atoms with Crippen molar-refractivity contribution in [2.75, 3.05) is 18.2 Å². The summed E-state index contributed by atoms with van der Waals surface area (Å²) < 4.78 is 53.1. The Hall–Kier alpha value is -2.81. The number of ether oxygens (including phenoxy) is 1. The van der Waals surface area contributed by atoms with Crippen molar-refractivity contribution in [3.8, 4) is 0 Å². The summed E-state index contributed by atoms with van der Waals surface area (Å²) in [5, 5.41) is 2.26. The molecule has 2 rings (SSSR count). The van der Waals surface area contributed by atoms with Gasteiger partial charge in [-0.1, -0.05) is 12.1 Å². The monoisotopic (exact) mass is 383 g/mol. The fourth-order valence-corrected chi connectivity index (χ4v) is 2.82. The van der Waals surface area contributed by atoms with E-state index in [1.165, 1.54) is 30.3 Å². The largest absolute Gasteiger partial charge is 0.452 e. The predicted octanol–water partition coefficient (Wildman–Crippen LogP) is 2.30. The molecule has 0 saturated carbocycles. The fraction of sp³-hybridized carbons (Fsp3) is 0.176. The molecule has 1 N–H and O–H groups in total. The van der Waals surface area contributed by atoms with E-state index in [0.717, 1.165) is 18.4 Å². The molecule has 138 valence electrons. The van der Waals surface area contributed by atoms with Gasteiger partial charge in [0.2, 0.25) is 0 Å². The highest BCUT2D eigenvalue weighted by Crippen LogP contribution is 2.13. The molecule has 1 amide bonds. The molecule has 0 heterocycles. The van der Waals surface area contributed by atoms with Gasteiger partial charge in [0.05, 0.1) is 11.3 Å². The molecule has 0 atom stereocenters. The predicted molar refractivity (Wildman–Crippen MR) is 90.3 cm³/mol. The summed E-state index contributed by atoms with van der Waals surface area (Å²) in [6.45, 7) is -0.622. The zero-order valence-electron chi connectivity index (χ0n) is 13.7. The van der Waals surface area contributed by atoms with E-state index in [-0.39, 0.29) is 17.0 Å². The number of hydrogen-bond donors (Lipinski definition) is 1. The van der Waals surface area contributed by atoms with Crippen LogP contribution in [0.3, 0.4) is 0 Å². The van der Waals surface area contributed by atoms with Gasteiger partial charge in [-0.3, -0.25) is 4.79 Å². The molecule has 6 nitrogen and oxygen atoms in total. The maximum absolute atomic E-state index is 13.1. The van der Waals surface area contributed by atoms with E-state index in [0.29, 0.717) is 5.56 Å². The third-order valence-corrected chi connectivity index (χ3v) is 4.01. The lowest BCUT2D eigenvalue weighted by molar-refractivity contribution is -0.119. The van der Waals surface area contributed by atoms with E-state index < -0.39 is 40.0 Å². The number of carbonyl (C=O) groups excluding carboxylic acids is 2. The van der Waals surface area contributed by atoms with Gasteiger partial charge in [-0.15, -0.1) is 0 Å². The zero-order chi connectivity index (χ0) is 19.3. The molecule has 0 bridgehead atoms. The number of sulfone groups is 1. The maximum Gasteiger partial charge on any atom is 0.338 e. The SMILES string of the molecule is CS(=O)(=O)Cc1ccc(C(=O)OCC(=O)Nc2ccc(F)c(F)c2)cc1. The van der Waals surface area contributed by atoms with E-state index >= 15 is 0 Å². The summed E-state index contributed by atoms with van der Waals surface area (Å²) in [6.07, 6.45) is 1.10. The second-order valence-corrected chi connectivity index (χ2v) is 7.66. The van der Waals surface area contributed by atoms with E-state index in [2.05, 4.69) is 5.32 Å². The lowest BCUT2D eigenvalue weighted by Gasteiger charge is -2.07. The molecule has 0 aliphatic carbocycles. The van der Waals surface area contributed by atoms with E-state index in [1.54, 1.807) is 0 Å². The minimum absolute atomic E-state index is 0.0232. The summed E-state index contributed by atoms with van der Waals surface area (Å²) in [4.78, 5) is 23.6. The summed E-state index contributed by atoms with van der Waals surface area (Å²) >= 11 is 0. The van der Waals surface area contributed by atoms with Crippen LogP contribution >= 0.6 is 0 Å². The summed E-state index contributed by atoms with van der Waals surface area (Å²) in [5.41, 5.74) is 0.679. The zero-order valence-corrected chi connectivity index (χ0v) is 14.5. The summed E-state index contributed by atoms with van der Waals surface area (Å²) in [5.74, 6) is -3.82. The second kappa shape index (κ2) is 8.05. The highest BCUT2D eigenvalue weighted by Gasteiger charge is 2.12. The standard InChI is InChI=1S/C17H15F2NO5S/c1-26(23,24)10-11-2-4-12(5-3-11)17(22)25-9-16(21)20-13-6-7-14(18)15(19)8-13/h2-8H,9-10H2,1H3,(H,20,21). The van der Waals surface area contributed by atoms with Gasteiger partial charge in [-0.2, -0.15) is 0 Å². The molecule has 0 unspecified atom stereocenters. The van der Waals surface area contributed by atoms with E-state index in [9.17, 15) is 26.8 Å². The van der Waals surface area contributed by atoms with Crippen LogP contribution in [-0.4, -0.2) is 33.2 Å². The van der Waals surface area contributed by atoms with Crippen LogP contribution in [0.2, 0.25) is 0 Å². The molecular weight excluding hydrogens is 368 g/mol. The Bertz CT molecular complexity index is 927. The number of hydrogen-bond acceptors (Lipinski definition) is 5. The van der Waals surface area contributed by atoms with Crippen LogP contribution in [0, 0.1) is 11.6 Å². The van der Waals surface area contributed by atoms with Crippen molar-refractivity contribution >= 4 is 27.4 Å². The van der Waals surface area contributed by atoms with Crippen LogP contribution in [0.1, 0.15) is 15.9 Å². The van der Waals surface area contributed by atoms with Crippen LogP contribution in [0.5, 0.6) is 0 Å². The normalized spacial score (nSPS) is 11.0. The number of esters is 1. The van der Waals surface area contributed by atoms with Crippen LogP contribution < -0.4 is 5.32 Å². The Kier molecular flexibility index (Phi) is 6.04. The van der Waals surface area contributed by atoms with Crippen LogP contribution in [0.25, 0.3) is 0 Å². The third-order valence-electron chi connectivity index (χ3n) is 3.16. The van der Waals surface area contributed by atoms with Crippen molar-refractivity contribution in [1.82, 2.24) is 0 Å². The lowest BCUT2D eigenvalue weighted by atomic mass is 10.1. The number of anilines is 1. The minimum atomic E-state index is -3.19. The Morgan fingerprint density at radius 1 is 1.04 bits per heavy atom. The molecule has 9 heteroatoms. The van der Waals surface area contributed by atoms with Gasteiger partial charge < -0.3 is 10.1 Å². The molecule has 26 heavy (non-hydrogen) atoms. The first-order valence-electron chi connectivity index (χ1n) is 7.33. The molecule has 0 aliphatic rings. The first-order valence-corrected chi connectivity index (χ1v) is 9.39. The van der Waals surface area contributed by atoms with Crippen molar-refractivity contribution in [2.24, 2.45) is 0 Å². The van der Waals surface area contributed by atoms with E-state index in [4.69, 9.17) is 4.74 Å². The molecule has 0 spiro atoms. The maximum atomic E-state index is 13.1. The molecule has 0 aliphatic heterocycles. The summed E-state index contributed by atoms with van der Waals surface area (Å²) in [7, 11) is -3.19. The van der Waals surface area contributed by atoms with Crippen molar-refractivity contribution in [2.45, 2.75) is 5.75 Å². The van der Waals surface area contributed by atoms with Gasteiger partial charge >= 0.3 is 5.97 Å². The quantitative estimate of drug-likeness (QED) is 0.773. The molecule has 0 radical (unpaired) electrons. The topological polar surface area (TPSA) is 89.5 Å². The highest BCUT2D eigenvalue weighted by molar-refractivity contribution is 7.89. The van der Waals surface area contributed by atoms with Gasteiger partial charge in [0.25, 0.3) is 5.91 Å². The lowest BCUT2D eigenvalue weighted by Crippen LogP contribution is -2.21. The van der Waals surface area contributed by atoms with Gasteiger partial charge in [0.15, 0.2) is 28.1 Å². The average Bonchev–Trinajstić information content (AvgIpc) is 2.55. The van der Waals surface area contributed by atoms with Crippen LogP contribution in [0.4, 0.5) is 14.5 Å². The molecule has 2 aromatic carbocycles. The first-order chi connectivity index (χ1) is 12.1. The van der Waals surface area contributed by atoms with Crippen molar-refractivity contribution in [3.05, 3.63) is 65.2 Å². The molecule has 0 saturated heterocycles. The Balaban J connectivity index is 1.89. The average molecular weight is 383 g/mol. The molecule has 0 aromatic heterocycles. The Labute approximate surface area is 148 Å². The van der Waals surface area contributed by atoms with Crippen molar-refractivity contribution in [3.63, 3.8) is 0 Å². The van der Waals surface area contributed by atoms with Gasteiger partial charge in [0, 0.05) is 18.0 Å². The number of nitrogens with one attached hydrogen (secondary N) is 1. The number of halogens is 2. The van der Waals surface area contributed by atoms with Crippen LogP contribution in [0.15, 0.2) is 42.5 Å². The van der Waals surface area contributed by atoms with E-state index in [1.807, 2.05) is 0 Å². The molecular formula is C17H15F2NO5S.